The van der Waals surface area contributed by atoms with E-state index in [1.54, 1.807) is 37.3 Å². The highest BCUT2D eigenvalue weighted by atomic mass is 19.1. The summed E-state index contributed by atoms with van der Waals surface area (Å²) in [6, 6.07) is 11.3. The third-order valence-corrected chi connectivity index (χ3v) is 6.76. The molecule has 1 fully saturated rings. The van der Waals surface area contributed by atoms with Crippen LogP contribution in [0.15, 0.2) is 69.2 Å². The molecule has 15 heteroatoms. The summed E-state index contributed by atoms with van der Waals surface area (Å²) < 4.78 is 44.8. The molecule has 0 radical (unpaired) electrons. The molecule has 1 aliphatic rings. The Morgan fingerprint density at radius 1 is 1.16 bits per heavy atom. The highest BCUT2D eigenvalue weighted by Gasteiger charge is 2.23. The average molecular weight is 617 g/mol. The molecule has 1 N–H and O–H groups in total. The van der Waals surface area contributed by atoms with Gasteiger partial charge in [-0.3, -0.25) is 4.98 Å². The van der Waals surface area contributed by atoms with Crippen molar-refractivity contribution in [2.24, 2.45) is 4.99 Å². The van der Waals surface area contributed by atoms with Crippen molar-refractivity contribution in [3.8, 4) is 28.8 Å². The van der Waals surface area contributed by atoms with Gasteiger partial charge in [-0.15, -0.1) is 9.78 Å². The van der Waals surface area contributed by atoms with Crippen LogP contribution in [-0.2, 0) is 9.47 Å². The lowest BCUT2D eigenvalue weighted by Gasteiger charge is -2.22. The Morgan fingerprint density at radius 2 is 1.98 bits per heavy atom. The number of aromatic nitrogens is 7. The van der Waals surface area contributed by atoms with Crippen molar-refractivity contribution in [2.75, 3.05) is 26.9 Å². The topological polar surface area (TPSA) is 165 Å². The van der Waals surface area contributed by atoms with Gasteiger partial charge in [0, 0.05) is 43.1 Å². The fraction of sp³-hybridized carbons (Fsp3) is 0.300. The Balaban J connectivity index is 1.37. The number of hydrogen-bond acceptors (Lipinski definition) is 12. The zero-order valence-corrected chi connectivity index (χ0v) is 24.5. The predicted molar refractivity (Wildman–Crippen MR) is 158 cm³/mol. The normalized spacial score (nSPS) is 15.3. The van der Waals surface area contributed by atoms with Crippen molar-refractivity contribution in [1.82, 2.24) is 34.9 Å². The zero-order chi connectivity index (χ0) is 31.2. The average Bonchev–Trinajstić information content (AvgIpc) is 3.69. The first kappa shape index (κ1) is 29.8. The van der Waals surface area contributed by atoms with E-state index < -0.39 is 11.5 Å². The van der Waals surface area contributed by atoms with Crippen molar-refractivity contribution in [2.45, 2.75) is 32.5 Å². The molecule has 2 aromatic carbocycles. The van der Waals surface area contributed by atoms with Gasteiger partial charge in [-0.2, -0.15) is 4.98 Å². The van der Waals surface area contributed by atoms with Crippen LogP contribution in [0.25, 0.3) is 17.3 Å². The lowest BCUT2D eigenvalue weighted by Crippen LogP contribution is -2.24. The molecular weight excluding hydrogens is 587 g/mol. The zero-order valence-electron chi connectivity index (χ0n) is 24.5. The number of hydrogen-bond donors (Lipinski definition) is 1. The molecule has 0 bridgehead atoms. The van der Waals surface area contributed by atoms with E-state index in [1.165, 1.54) is 31.6 Å². The second kappa shape index (κ2) is 13.6. The number of benzene rings is 2. The van der Waals surface area contributed by atoms with Gasteiger partial charge in [-0.1, -0.05) is 5.16 Å². The maximum atomic E-state index is 16.2. The van der Waals surface area contributed by atoms with Gasteiger partial charge < -0.3 is 23.5 Å². The van der Waals surface area contributed by atoms with Gasteiger partial charge >= 0.3 is 5.69 Å². The van der Waals surface area contributed by atoms with Gasteiger partial charge in [0.25, 0.3) is 5.95 Å². The van der Waals surface area contributed by atoms with Crippen LogP contribution in [0.1, 0.15) is 36.5 Å². The number of halogens is 1. The molecule has 1 saturated heterocycles. The summed E-state index contributed by atoms with van der Waals surface area (Å²) in [4.78, 5) is 32.7. The minimum atomic E-state index is -0.742. The second-order valence-corrected chi connectivity index (χ2v) is 9.89. The van der Waals surface area contributed by atoms with Gasteiger partial charge in [-0.25, -0.2) is 24.1 Å². The first-order valence-corrected chi connectivity index (χ1v) is 14.2. The molecule has 6 rings (SSSR count). The van der Waals surface area contributed by atoms with E-state index in [9.17, 15) is 4.79 Å². The molecule has 45 heavy (non-hydrogen) atoms. The molecule has 1 atom stereocenters. The van der Waals surface area contributed by atoms with Crippen LogP contribution >= 0.6 is 0 Å². The quantitative estimate of drug-likeness (QED) is 0.169. The van der Waals surface area contributed by atoms with Crippen molar-refractivity contribution < 1.29 is 27.9 Å². The highest BCUT2D eigenvalue weighted by Crippen LogP contribution is 2.31. The lowest BCUT2D eigenvalue weighted by atomic mass is 10.1. The number of methoxy groups -OCH3 is 1. The third-order valence-electron chi connectivity index (χ3n) is 6.76. The van der Waals surface area contributed by atoms with E-state index >= 15 is 4.39 Å². The number of aryl methyl sites for hydroxylation is 1. The molecular formula is C30H29FN8O6. The maximum absolute atomic E-state index is 16.2. The number of nitrogens with one attached hydrogen (secondary N) is 1. The van der Waals surface area contributed by atoms with Crippen LogP contribution in [0.2, 0.25) is 0 Å². The van der Waals surface area contributed by atoms with Crippen LogP contribution < -0.4 is 15.2 Å². The molecule has 0 spiro atoms. The third kappa shape index (κ3) is 6.94. The number of H-pyrrole nitrogens is 1. The fourth-order valence-corrected chi connectivity index (χ4v) is 4.58. The summed E-state index contributed by atoms with van der Waals surface area (Å²) >= 11 is 0. The molecule has 1 unspecified atom stereocenters. The Bertz CT molecular complexity index is 1830. The molecule has 0 saturated carbocycles. The summed E-state index contributed by atoms with van der Waals surface area (Å²) in [7, 11) is 1.45. The summed E-state index contributed by atoms with van der Waals surface area (Å²) in [6.45, 7) is 2.60. The van der Waals surface area contributed by atoms with Crippen molar-refractivity contribution in [3.63, 3.8) is 0 Å². The van der Waals surface area contributed by atoms with Crippen molar-refractivity contribution in [1.29, 1.82) is 0 Å². The van der Waals surface area contributed by atoms with E-state index in [4.69, 9.17) is 28.5 Å². The minimum Gasteiger partial charge on any atom is -0.497 e. The molecule has 4 heterocycles. The predicted octanol–water partition coefficient (Wildman–Crippen LogP) is 3.95. The Labute approximate surface area is 255 Å². The Kier molecular flexibility index (Phi) is 8.98. The van der Waals surface area contributed by atoms with Crippen LogP contribution in [-0.4, -0.2) is 73.8 Å². The number of aromatic amines is 1. The number of ether oxygens (including phenoxy) is 4. The summed E-state index contributed by atoms with van der Waals surface area (Å²) in [5, 5.41) is 8.28. The van der Waals surface area contributed by atoms with Crippen LogP contribution in [0.3, 0.4) is 0 Å². The molecule has 0 amide bonds. The van der Waals surface area contributed by atoms with Crippen molar-refractivity contribution >= 4 is 11.4 Å². The number of aliphatic imine (C=N–C) groups is 1. The minimum absolute atomic E-state index is 0.00181. The van der Waals surface area contributed by atoms with Crippen molar-refractivity contribution in [3.05, 3.63) is 88.4 Å². The molecule has 3 aromatic heterocycles. The highest BCUT2D eigenvalue weighted by molar-refractivity contribution is 6.12. The molecule has 1 aliphatic heterocycles. The van der Waals surface area contributed by atoms with Crippen LogP contribution in [0.4, 0.5) is 10.1 Å². The summed E-state index contributed by atoms with van der Waals surface area (Å²) in [6.07, 6.45) is 5.47. The lowest BCUT2D eigenvalue weighted by molar-refractivity contribution is -0.165. The van der Waals surface area contributed by atoms with Crippen LogP contribution in [0, 0.1) is 12.7 Å². The van der Waals surface area contributed by atoms with E-state index in [-0.39, 0.29) is 48.3 Å². The van der Waals surface area contributed by atoms with Gasteiger partial charge in [-0.05, 0) is 55.7 Å². The number of rotatable bonds is 11. The van der Waals surface area contributed by atoms with Gasteiger partial charge in [0.15, 0.2) is 23.7 Å². The molecule has 0 aliphatic carbocycles. The summed E-state index contributed by atoms with van der Waals surface area (Å²) in [5.41, 5.74) is 0.432. The Morgan fingerprint density at radius 3 is 2.69 bits per heavy atom. The standard InChI is InChI=1S/C30H29FN8O6/c1-18-34-27(38-45-18)19-7-9-20(10-8-19)35-26(28-36-30(40)39(37-28)29-32-11-5-12-33-29)22-16-21(41-2)17-23(25(22)31)42-14-15-44-24-6-3-4-13-43-24/h5,7-12,16-17,24H,3-4,6,13-15H2,1-2H3,(H,36,37,40). The number of nitrogens with zero attached hydrogens (tertiary/aromatic N) is 7. The molecule has 232 valence electrons. The van der Waals surface area contributed by atoms with Gasteiger partial charge in [0.1, 0.15) is 18.1 Å². The Hall–Kier alpha value is -5.28. The first-order chi connectivity index (χ1) is 22.0. The second-order valence-electron chi connectivity index (χ2n) is 9.89. The van der Waals surface area contributed by atoms with E-state index in [0.29, 0.717) is 35.3 Å². The maximum Gasteiger partial charge on any atom is 0.351 e. The molecule has 5 aromatic rings. The van der Waals surface area contributed by atoms with E-state index in [2.05, 4.69) is 30.2 Å². The summed E-state index contributed by atoms with van der Waals surface area (Å²) in [5.74, 6) is 0.282. The van der Waals surface area contributed by atoms with E-state index in [0.717, 1.165) is 23.9 Å². The SMILES string of the molecule is COc1cc(OCCOC2CCCCO2)c(F)c(C(=Nc2ccc(-c3noc(C)n3)cc2)c2nn(-c3ncccn3)c(=O)[nH]2)c1. The van der Waals surface area contributed by atoms with Gasteiger partial charge in [0.2, 0.25) is 11.7 Å². The monoisotopic (exact) mass is 616 g/mol. The van der Waals surface area contributed by atoms with Gasteiger partial charge in [0.05, 0.1) is 19.4 Å². The van der Waals surface area contributed by atoms with E-state index in [1.807, 2.05) is 0 Å². The molecule has 14 nitrogen and oxygen atoms in total. The van der Waals surface area contributed by atoms with Crippen LogP contribution in [0.5, 0.6) is 11.5 Å². The first-order valence-electron chi connectivity index (χ1n) is 14.2. The largest absolute Gasteiger partial charge is 0.497 e. The smallest absolute Gasteiger partial charge is 0.351 e. The fourth-order valence-electron chi connectivity index (χ4n) is 4.58.